The lowest BCUT2D eigenvalue weighted by Gasteiger charge is -2.04. The maximum Gasteiger partial charge on any atom is 0.340 e. The average molecular weight is 362 g/mol. The third kappa shape index (κ3) is 3.95. The summed E-state index contributed by atoms with van der Waals surface area (Å²) in [4.78, 5) is 23.4. The van der Waals surface area contributed by atoms with Crippen LogP contribution >= 0.6 is 0 Å². The van der Waals surface area contributed by atoms with Gasteiger partial charge < -0.3 is 9.51 Å². The smallest absolute Gasteiger partial charge is 0.340 e. The van der Waals surface area contributed by atoms with Gasteiger partial charge in [-0.3, -0.25) is 15.2 Å². The van der Waals surface area contributed by atoms with Crippen molar-refractivity contribution >= 4 is 22.8 Å². The number of rotatable bonds is 7. The molecule has 0 aliphatic heterocycles. The Morgan fingerprint density at radius 2 is 2.00 bits per heavy atom. The highest BCUT2D eigenvalue weighted by molar-refractivity contribution is 5.83. The zero-order valence-electron chi connectivity index (χ0n) is 14.5. The number of carbonyl (C=O) groups excluding carboxylic acids is 1. The molecule has 0 spiro atoms. The maximum absolute atomic E-state index is 12.0. The topological polar surface area (TPSA) is 109 Å². The number of para-hydroxylation sites is 1. The summed E-state index contributed by atoms with van der Waals surface area (Å²) in [7, 11) is 0. The van der Waals surface area contributed by atoms with E-state index in [2.05, 4.69) is 37.0 Å². The Morgan fingerprint density at radius 3 is 2.89 bits per heavy atom. The number of hydrogen-bond acceptors (Lipinski definition) is 6. The van der Waals surface area contributed by atoms with E-state index >= 15 is 0 Å². The van der Waals surface area contributed by atoms with Crippen LogP contribution in [-0.2, 0) is 11.2 Å². The molecule has 0 bridgehead atoms. The second-order valence-corrected chi connectivity index (χ2v) is 6.05. The number of amides is 1. The molecule has 4 rings (SSSR count). The van der Waals surface area contributed by atoms with Gasteiger partial charge in [0.05, 0.1) is 0 Å². The Hall–Kier alpha value is -3.68. The van der Waals surface area contributed by atoms with Crippen molar-refractivity contribution in [3.63, 3.8) is 0 Å². The van der Waals surface area contributed by atoms with Gasteiger partial charge in [-0.2, -0.15) is 4.98 Å². The number of nitrogens with zero attached hydrogens (tertiary/aromatic N) is 3. The summed E-state index contributed by atoms with van der Waals surface area (Å²) in [5.41, 5.74) is 8.33. The molecule has 8 heteroatoms. The van der Waals surface area contributed by atoms with Gasteiger partial charge in [-0.05, 0) is 36.6 Å². The molecular formula is C19H18N6O2. The summed E-state index contributed by atoms with van der Waals surface area (Å²) < 4.78 is 5.07. The fourth-order valence-corrected chi connectivity index (χ4v) is 2.86. The monoisotopic (exact) mass is 362 g/mol. The Bertz CT molecular complexity index is 1040. The summed E-state index contributed by atoms with van der Waals surface area (Å²) in [6, 6.07) is 11.8. The first-order valence-electron chi connectivity index (χ1n) is 8.63. The number of pyridine rings is 1. The van der Waals surface area contributed by atoms with E-state index < -0.39 is 0 Å². The van der Waals surface area contributed by atoms with Crippen molar-refractivity contribution in [2.75, 3.05) is 5.43 Å². The van der Waals surface area contributed by atoms with Crippen LogP contribution in [0.1, 0.15) is 18.4 Å². The molecule has 1 amide bonds. The number of hydrazine groups is 1. The van der Waals surface area contributed by atoms with Gasteiger partial charge >= 0.3 is 6.01 Å². The molecule has 8 nitrogen and oxygen atoms in total. The highest BCUT2D eigenvalue weighted by Crippen LogP contribution is 2.19. The molecule has 27 heavy (non-hydrogen) atoms. The fraction of sp³-hybridized carbons (Fsp3) is 0.158. The molecule has 4 aromatic rings. The predicted octanol–water partition coefficient (Wildman–Crippen LogP) is 3.08. The first-order chi connectivity index (χ1) is 13.3. The van der Waals surface area contributed by atoms with E-state index in [9.17, 15) is 4.79 Å². The van der Waals surface area contributed by atoms with E-state index in [0.717, 1.165) is 23.9 Å². The van der Waals surface area contributed by atoms with Crippen molar-refractivity contribution < 1.29 is 9.32 Å². The number of benzene rings is 1. The third-order valence-corrected chi connectivity index (χ3v) is 4.20. The molecule has 0 aliphatic rings. The number of fused-ring (bicyclic) bond motifs is 1. The standard InChI is InChI=1S/C19H18N6O2/c26-17(7-3-4-14-12-21-16-6-2-1-5-15(14)16)23-24-19-22-18(25-27-19)13-8-10-20-11-9-13/h1-2,5-6,8-12,21H,3-4,7H2,(H,23,26)(H,22,24,25). The number of hydrogen-bond donors (Lipinski definition) is 3. The van der Waals surface area contributed by atoms with Crippen LogP contribution in [0, 0.1) is 0 Å². The van der Waals surface area contributed by atoms with Crippen LogP contribution in [0.15, 0.2) is 59.5 Å². The van der Waals surface area contributed by atoms with Gasteiger partial charge in [0, 0.05) is 41.5 Å². The van der Waals surface area contributed by atoms with Gasteiger partial charge in [0.1, 0.15) is 0 Å². The molecule has 0 aliphatic carbocycles. The number of aromatic amines is 1. The van der Waals surface area contributed by atoms with E-state index in [-0.39, 0.29) is 11.9 Å². The molecule has 3 aromatic heterocycles. The van der Waals surface area contributed by atoms with E-state index in [0.29, 0.717) is 12.2 Å². The highest BCUT2D eigenvalue weighted by atomic mass is 16.5. The van der Waals surface area contributed by atoms with Crippen molar-refractivity contribution in [3.05, 3.63) is 60.6 Å². The minimum absolute atomic E-state index is 0.131. The molecule has 0 saturated heterocycles. The minimum atomic E-state index is -0.140. The normalized spacial score (nSPS) is 10.8. The van der Waals surface area contributed by atoms with Gasteiger partial charge in [0.15, 0.2) is 0 Å². The number of aromatic nitrogens is 4. The summed E-state index contributed by atoms with van der Waals surface area (Å²) >= 11 is 0. The van der Waals surface area contributed by atoms with Crippen LogP contribution in [0.3, 0.4) is 0 Å². The highest BCUT2D eigenvalue weighted by Gasteiger charge is 2.09. The second kappa shape index (κ2) is 7.69. The lowest BCUT2D eigenvalue weighted by molar-refractivity contribution is -0.120. The largest absolute Gasteiger partial charge is 0.361 e. The first-order valence-corrected chi connectivity index (χ1v) is 8.63. The second-order valence-electron chi connectivity index (χ2n) is 6.05. The summed E-state index contributed by atoms with van der Waals surface area (Å²) in [5, 5.41) is 5.06. The SMILES string of the molecule is O=C(CCCc1c[nH]c2ccccc12)NNc1nc(-c2ccncc2)no1. The molecule has 3 heterocycles. The third-order valence-electron chi connectivity index (χ3n) is 4.20. The van der Waals surface area contributed by atoms with Crippen molar-refractivity contribution in [1.82, 2.24) is 25.5 Å². The van der Waals surface area contributed by atoms with Crippen molar-refractivity contribution in [2.24, 2.45) is 0 Å². The predicted molar refractivity (Wildman–Crippen MR) is 101 cm³/mol. The summed E-state index contributed by atoms with van der Waals surface area (Å²) in [6.07, 6.45) is 7.24. The molecule has 1 aromatic carbocycles. The van der Waals surface area contributed by atoms with Crippen LogP contribution in [0.25, 0.3) is 22.3 Å². The lowest BCUT2D eigenvalue weighted by atomic mass is 10.1. The Labute approximate surface area is 155 Å². The van der Waals surface area contributed by atoms with Gasteiger partial charge in [-0.15, -0.1) is 0 Å². The summed E-state index contributed by atoms with van der Waals surface area (Å²) in [5.74, 6) is 0.284. The number of nitrogens with one attached hydrogen (secondary N) is 3. The van der Waals surface area contributed by atoms with Crippen molar-refractivity contribution in [3.8, 4) is 11.4 Å². The maximum atomic E-state index is 12.0. The zero-order valence-corrected chi connectivity index (χ0v) is 14.5. The lowest BCUT2D eigenvalue weighted by Crippen LogP contribution is -2.29. The number of aryl methyl sites for hydroxylation is 1. The molecule has 0 unspecified atom stereocenters. The Morgan fingerprint density at radius 1 is 1.15 bits per heavy atom. The number of anilines is 1. The molecule has 0 radical (unpaired) electrons. The van der Waals surface area contributed by atoms with Crippen LogP contribution in [-0.4, -0.2) is 26.0 Å². The van der Waals surface area contributed by atoms with Gasteiger partial charge in [0.2, 0.25) is 11.7 Å². The fourth-order valence-electron chi connectivity index (χ4n) is 2.86. The number of carbonyl (C=O) groups is 1. The molecular weight excluding hydrogens is 344 g/mol. The summed E-state index contributed by atoms with van der Waals surface area (Å²) in [6.45, 7) is 0. The molecule has 136 valence electrons. The van der Waals surface area contributed by atoms with Gasteiger partial charge in [-0.25, -0.2) is 5.43 Å². The van der Waals surface area contributed by atoms with E-state index in [4.69, 9.17) is 4.52 Å². The van der Waals surface area contributed by atoms with Gasteiger partial charge in [-0.1, -0.05) is 23.4 Å². The quantitative estimate of drug-likeness (QED) is 0.436. The van der Waals surface area contributed by atoms with Crippen LogP contribution in [0.5, 0.6) is 0 Å². The van der Waals surface area contributed by atoms with Gasteiger partial charge in [0.25, 0.3) is 0 Å². The molecule has 0 saturated carbocycles. The molecule has 3 N–H and O–H groups in total. The van der Waals surface area contributed by atoms with E-state index in [1.807, 2.05) is 24.4 Å². The van der Waals surface area contributed by atoms with Crippen LogP contribution in [0.2, 0.25) is 0 Å². The molecule has 0 atom stereocenters. The Balaban J connectivity index is 1.25. The van der Waals surface area contributed by atoms with Crippen LogP contribution in [0.4, 0.5) is 6.01 Å². The van der Waals surface area contributed by atoms with Crippen molar-refractivity contribution in [2.45, 2.75) is 19.3 Å². The van der Waals surface area contributed by atoms with E-state index in [1.54, 1.807) is 24.5 Å². The average Bonchev–Trinajstić information content (AvgIpc) is 3.35. The zero-order chi connectivity index (χ0) is 18.5. The van der Waals surface area contributed by atoms with Crippen molar-refractivity contribution in [1.29, 1.82) is 0 Å². The Kier molecular flexibility index (Phi) is 4.78. The van der Waals surface area contributed by atoms with E-state index in [1.165, 1.54) is 10.9 Å². The first kappa shape index (κ1) is 16.8. The number of H-pyrrole nitrogens is 1. The minimum Gasteiger partial charge on any atom is -0.361 e. The van der Waals surface area contributed by atoms with Crippen LogP contribution < -0.4 is 10.9 Å². The molecule has 0 fully saturated rings.